The standard InChI is InChI=1S/C18H23FN4O/c1-5-7-20-14-6-8-23(10-11(14)2)17(24)15-12-9-13(12)16(22-21-15)18(3,4)19/h12-13,20H,6,8-10H2,1-4H3. The van der Waals surface area contributed by atoms with Gasteiger partial charge < -0.3 is 10.2 Å². The Bertz CT molecular complexity index is 718. The molecule has 0 saturated heterocycles. The highest BCUT2D eigenvalue weighted by Gasteiger charge is 2.53. The molecule has 1 amide bonds. The third kappa shape index (κ3) is 3.08. The predicted octanol–water partition coefficient (Wildman–Crippen LogP) is 2.26. The van der Waals surface area contributed by atoms with Crippen LogP contribution < -0.4 is 5.32 Å². The van der Waals surface area contributed by atoms with Crippen LogP contribution in [0.1, 0.15) is 40.5 Å². The SMILES string of the molecule is CC#CNC1=C(C)CN(C(=O)C2=NN=C(C(C)(C)F)C3CC23)CC1. The number of amides is 1. The first-order chi connectivity index (χ1) is 11.3. The van der Waals surface area contributed by atoms with Gasteiger partial charge in [0.2, 0.25) is 0 Å². The maximum Gasteiger partial charge on any atom is 0.270 e. The summed E-state index contributed by atoms with van der Waals surface area (Å²) in [5.41, 5.74) is 1.69. The van der Waals surface area contributed by atoms with Gasteiger partial charge in [-0.25, -0.2) is 4.39 Å². The number of rotatable bonds is 3. The second kappa shape index (κ2) is 6.04. The summed E-state index contributed by atoms with van der Waals surface area (Å²) in [6, 6.07) is 2.85. The third-order valence-electron chi connectivity index (χ3n) is 4.79. The molecule has 0 bridgehead atoms. The van der Waals surface area contributed by atoms with Gasteiger partial charge in [-0.3, -0.25) is 4.79 Å². The van der Waals surface area contributed by atoms with Crippen LogP contribution in [0.5, 0.6) is 0 Å². The zero-order valence-corrected chi connectivity index (χ0v) is 14.6. The summed E-state index contributed by atoms with van der Waals surface area (Å²) in [7, 11) is 0. The lowest BCUT2D eigenvalue weighted by molar-refractivity contribution is -0.124. The molecule has 0 radical (unpaired) electrons. The molecule has 0 aromatic rings. The molecule has 2 unspecified atom stereocenters. The average molecular weight is 330 g/mol. The topological polar surface area (TPSA) is 57.1 Å². The van der Waals surface area contributed by atoms with Crippen molar-refractivity contribution >= 4 is 17.3 Å². The minimum atomic E-state index is -1.47. The Labute approximate surface area is 142 Å². The molecule has 2 heterocycles. The summed E-state index contributed by atoms with van der Waals surface area (Å²) in [5, 5.41) is 11.2. The molecule has 3 rings (SSSR count). The first-order valence-electron chi connectivity index (χ1n) is 8.33. The fraction of sp³-hybridized carbons (Fsp3) is 0.611. The number of fused-ring (bicyclic) bond motifs is 1. The summed E-state index contributed by atoms with van der Waals surface area (Å²) in [6.45, 7) is 7.97. The van der Waals surface area contributed by atoms with Gasteiger partial charge in [0.25, 0.3) is 5.91 Å². The summed E-state index contributed by atoms with van der Waals surface area (Å²) in [6.07, 6.45) is 1.53. The summed E-state index contributed by atoms with van der Waals surface area (Å²) < 4.78 is 14.1. The molecule has 2 atom stereocenters. The highest BCUT2D eigenvalue weighted by atomic mass is 19.1. The largest absolute Gasteiger partial charge is 0.333 e. The minimum Gasteiger partial charge on any atom is -0.333 e. The van der Waals surface area contributed by atoms with Crippen molar-refractivity contribution in [2.75, 3.05) is 13.1 Å². The van der Waals surface area contributed by atoms with Gasteiger partial charge in [0, 0.05) is 43.1 Å². The van der Waals surface area contributed by atoms with Gasteiger partial charge in [-0.05, 0) is 39.7 Å². The molecule has 0 aromatic carbocycles. The number of carbonyl (C=O) groups is 1. The first kappa shape index (κ1) is 16.7. The van der Waals surface area contributed by atoms with Crippen LogP contribution in [-0.4, -0.2) is 41.0 Å². The van der Waals surface area contributed by atoms with E-state index in [1.807, 2.05) is 6.92 Å². The van der Waals surface area contributed by atoms with E-state index in [-0.39, 0.29) is 17.7 Å². The summed E-state index contributed by atoms with van der Waals surface area (Å²) >= 11 is 0. The molecule has 128 valence electrons. The fourth-order valence-corrected chi connectivity index (χ4v) is 3.38. The smallest absolute Gasteiger partial charge is 0.270 e. The van der Waals surface area contributed by atoms with Crippen molar-refractivity contribution in [3.63, 3.8) is 0 Å². The van der Waals surface area contributed by atoms with Crippen LogP contribution in [0.4, 0.5) is 4.39 Å². The monoisotopic (exact) mass is 330 g/mol. The molecule has 3 aliphatic rings. The molecule has 0 aromatic heterocycles. The number of alkyl halides is 1. The number of hydrogen-bond donors (Lipinski definition) is 1. The zero-order valence-electron chi connectivity index (χ0n) is 14.6. The maximum absolute atomic E-state index is 14.1. The lowest BCUT2D eigenvalue weighted by atomic mass is 9.97. The fourth-order valence-electron chi connectivity index (χ4n) is 3.38. The Balaban J connectivity index is 1.73. The Morgan fingerprint density at radius 1 is 1.38 bits per heavy atom. The molecular formula is C18H23FN4O. The quantitative estimate of drug-likeness (QED) is 0.637. The Morgan fingerprint density at radius 3 is 2.75 bits per heavy atom. The minimum absolute atomic E-state index is 0.0368. The van der Waals surface area contributed by atoms with E-state index in [0.717, 1.165) is 24.1 Å². The molecule has 24 heavy (non-hydrogen) atoms. The maximum atomic E-state index is 14.1. The molecule has 2 aliphatic heterocycles. The molecule has 6 heteroatoms. The van der Waals surface area contributed by atoms with Crippen molar-refractivity contribution in [2.45, 2.75) is 46.2 Å². The molecule has 0 spiro atoms. The second-order valence-electron chi connectivity index (χ2n) is 7.13. The van der Waals surface area contributed by atoms with Crippen LogP contribution >= 0.6 is 0 Å². The van der Waals surface area contributed by atoms with Gasteiger partial charge in [0.05, 0.1) is 5.71 Å². The molecule has 1 fully saturated rings. The van der Waals surface area contributed by atoms with Crippen LogP contribution in [0.2, 0.25) is 0 Å². The number of nitrogens with one attached hydrogen (secondary N) is 1. The average Bonchev–Trinajstić information content (AvgIpc) is 3.31. The van der Waals surface area contributed by atoms with E-state index in [2.05, 4.69) is 27.5 Å². The van der Waals surface area contributed by atoms with Gasteiger partial charge in [0.1, 0.15) is 11.4 Å². The molecule has 5 nitrogen and oxygen atoms in total. The van der Waals surface area contributed by atoms with Crippen molar-refractivity contribution in [2.24, 2.45) is 22.0 Å². The summed E-state index contributed by atoms with van der Waals surface area (Å²) in [5.74, 6) is 2.82. The van der Waals surface area contributed by atoms with E-state index in [4.69, 9.17) is 0 Å². The third-order valence-corrected chi connectivity index (χ3v) is 4.79. The van der Waals surface area contributed by atoms with Gasteiger partial charge in [-0.1, -0.05) is 5.92 Å². The number of halogens is 1. The number of hydrogen-bond acceptors (Lipinski definition) is 4. The van der Waals surface area contributed by atoms with Crippen LogP contribution in [0.25, 0.3) is 0 Å². The van der Waals surface area contributed by atoms with Gasteiger partial charge in [0.15, 0.2) is 0 Å². The highest BCUT2D eigenvalue weighted by molar-refractivity contribution is 6.41. The highest BCUT2D eigenvalue weighted by Crippen LogP contribution is 2.46. The van der Waals surface area contributed by atoms with E-state index in [1.54, 1.807) is 11.8 Å². The normalized spacial score (nSPS) is 26.0. The van der Waals surface area contributed by atoms with Crippen LogP contribution in [0.3, 0.4) is 0 Å². The van der Waals surface area contributed by atoms with E-state index in [1.165, 1.54) is 13.8 Å². The van der Waals surface area contributed by atoms with E-state index >= 15 is 0 Å². The van der Waals surface area contributed by atoms with Crippen molar-refractivity contribution in [1.82, 2.24) is 10.2 Å². The van der Waals surface area contributed by atoms with E-state index in [9.17, 15) is 9.18 Å². The van der Waals surface area contributed by atoms with Crippen LogP contribution in [0, 0.1) is 23.8 Å². The Hall–Kier alpha value is -2.16. The molecule has 1 aliphatic carbocycles. The van der Waals surface area contributed by atoms with Crippen molar-refractivity contribution < 1.29 is 9.18 Å². The first-order valence-corrected chi connectivity index (χ1v) is 8.33. The molecule has 1 saturated carbocycles. The van der Waals surface area contributed by atoms with Gasteiger partial charge >= 0.3 is 0 Å². The number of nitrogens with zero attached hydrogens (tertiary/aromatic N) is 3. The van der Waals surface area contributed by atoms with Crippen molar-refractivity contribution in [3.8, 4) is 12.0 Å². The van der Waals surface area contributed by atoms with E-state index < -0.39 is 5.67 Å². The Morgan fingerprint density at radius 2 is 2.12 bits per heavy atom. The van der Waals surface area contributed by atoms with Crippen molar-refractivity contribution in [1.29, 1.82) is 0 Å². The van der Waals surface area contributed by atoms with Gasteiger partial charge in [-0.2, -0.15) is 5.10 Å². The van der Waals surface area contributed by atoms with Crippen molar-refractivity contribution in [3.05, 3.63) is 11.3 Å². The second-order valence-corrected chi connectivity index (χ2v) is 7.13. The van der Waals surface area contributed by atoms with Crippen LogP contribution in [-0.2, 0) is 4.79 Å². The Kier molecular flexibility index (Phi) is 4.20. The summed E-state index contributed by atoms with van der Waals surface area (Å²) in [4.78, 5) is 14.6. The lowest BCUT2D eigenvalue weighted by Gasteiger charge is -2.30. The van der Waals surface area contributed by atoms with Gasteiger partial charge in [-0.15, -0.1) is 5.10 Å². The van der Waals surface area contributed by atoms with E-state index in [0.29, 0.717) is 24.5 Å². The van der Waals surface area contributed by atoms with Crippen LogP contribution in [0.15, 0.2) is 21.5 Å². The zero-order chi connectivity index (χ0) is 17.5. The number of carbonyl (C=O) groups excluding carboxylic acids is 1. The molecule has 1 N–H and O–H groups in total. The molecular weight excluding hydrogens is 307 g/mol. The lowest BCUT2D eigenvalue weighted by Crippen LogP contribution is -2.43. The predicted molar refractivity (Wildman–Crippen MR) is 92.1 cm³/mol.